The van der Waals surface area contributed by atoms with Crippen LogP contribution in [-0.4, -0.2) is 36.4 Å². The monoisotopic (exact) mass is 386 g/mol. The summed E-state index contributed by atoms with van der Waals surface area (Å²) in [5.41, 5.74) is 0.413. The van der Waals surface area contributed by atoms with Crippen molar-refractivity contribution in [3.63, 3.8) is 0 Å². The number of carbonyl (C=O) groups excluding carboxylic acids is 1. The first-order chi connectivity index (χ1) is 11.0. The molecule has 0 spiro atoms. The van der Waals surface area contributed by atoms with E-state index in [2.05, 4.69) is 26.2 Å². The van der Waals surface area contributed by atoms with Crippen molar-refractivity contribution in [1.29, 1.82) is 0 Å². The molecule has 6 nitrogen and oxygen atoms in total. The highest BCUT2D eigenvalue weighted by molar-refractivity contribution is 9.10. The number of rotatable bonds is 7. The molecule has 2 rings (SSSR count). The van der Waals surface area contributed by atoms with E-state index in [-0.39, 0.29) is 18.9 Å². The van der Waals surface area contributed by atoms with Crippen molar-refractivity contribution in [2.24, 2.45) is 0 Å². The van der Waals surface area contributed by atoms with Crippen LogP contribution in [-0.2, 0) is 4.74 Å². The van der Waals surface area contributed by atoms with Crippen molar-refractivity contribution in [1.82, 2.24) is 10.3 Å². The molecule has 0 radical (unpaired) electrons. The van der Waals surface area contributed by atoms with Crippen LogP contribution in [0.5, 0.6) is 5.75 Å². The highest BCUT2D eigenvalue weighted by Gasteiger charge is 2.16. The fourth-order valence-electron chi connectivity index (χ4n) is 1.89. The minimum absolute atomic E-state index is 0.00308. The smallest absolute Gasteiger partial charge is 0.267 e. The summed E-state index contributed by atoms with van der Waals surface area (Å²) in [6.07, 6.45) is 0.442. The molecule has 124 valence electrons. The van der Waals surface area contributed by atoms with Gasteiger partial charge in [-0.3, -0.25) is 4.79 Å². The number of H-pyrrole nitrogens is 1. The van der Waals surface area contributed by atoms with Gasteiger partial charge in [0.05, 0.1) is 6.10 Å². The minimum atomic E-state index is -1.17. The second-order valence-electron chi connectivity index (χ2n) is 4.69. The number of ether oxygens (including phenoxy) is 2. The predicted octanol–water partition coefficient (Wildman–Crippen LogP) is 2.36. The average molecular weight is 387 g/mol. The van der Waals surface area contributed by atoms with Gasteiger partial charge >= 0.3 is 0 Å². The number of aromatic amines is 1. The highest BCUT2D eigenvalue weighted by Crippen LogP contribution is 2.22. The van der Waals surface area contributed by atoms with Gasteiger partial charge in [0, 0.05) is 36.0 Å². The molecule has 1 aromatic carbocycles. The Morgan fingerprint density at radius 1 is 1.48 bits per heavy atom. The normalized spacial score (nSPS) is 12.0. The number of benzene rings is 1. The Bertz CT molecular complexity index is 677. The fourth-order valence-corrected chi connectivity index (χ4v) is 2.23. The summed E-state index contributed by atoms with van der Waals surface area (Å²) in [7, 11) is 1.46. The highest BCUT2D eigenvalue weighted by atomic mass is 79.9. The summed E-state index contributed by atoms with van der Waals surface area (Å²) in [4.78, 5) is 14.6. The Kier molecular flexibility index (Phi) is 6.14. The molecule has 1 heterocycles. The molecule has 8 heteroatoms. The minimum Gasteiger partial charge on any atom is -0.467 e. The lowest BCUT2D eigenvalue weighted by Gasteiger charge is -2.14. The molecule has 1 amide bonds. The Labute approximate surface area is 140 Å². The van der Waals surface area contributed by atoms with Crippen LogP contribution in [0.3, 0.4) is 0 Å². The maximum Gasteiger partial charge on any atom is 0.267 e. The fraction of sp³-hybridized carbons (Fsp3) is 0.267. The van der Waals surface area contributed by atoms with Crippen LogP contribution in [0.4, 0.5) is 4.39 Å². The maximum atomic E-state index is 14.0. The number of hydrogen-bond donors (Lipinski definition) is 3. The van der Waals surface area contributed by atoms with Gasteiger partial charge in [-0.2, -0.15) is 0 Å². The van der Waals surface area contributed by atoms with Crippen molar-refractivity contribution in [2.45, 2.75) is 6.10 Å². The van der Waals surface area contributed by atoms with Gasteiger partial charge in [-0.25, -0.2) is 4.39 Å². The topological polar surface area (TPSA) is 83.6 Å². The van der Waals surface area contributed by atoms with Crippen molar-refractivity contribution in [3.05, 3.63) is 52.0 Å². The number of methoxy groups -OCH3 is 1. The third-order valence-electron chi connectivity index (χ3n) is 3.02. The van der Waals surface area contributed by atoms with E-state index in [4.69, 9.17) is 9.47 Å². The zero-order valence-corrected chi connectivity index (χ0v) is 13.9. The Balaban J connectivity index is 1.95. The molecule has 0 fully saturated rings. The number of aromatic nitrogens is 1. The van der Waals surface area contributed by atoms with E-state index < -0.39 is 17.8 Å². The molecule has 1 unspecified atom stereocenters. The first-order valence-corrected chi connectivity index (χ1v) is 7.52. The molecule has 0 aliphatic heterocycles. The van der Waals surface area contributed by atoms with Crippen LogP contribution in [0.15, 0.2) is 34.9 Å². The van der Waals surface area contributed by atoms with Crippen molar-refractivity contribution in [3.8, 4) is 5.75 Å². The van der Waals surface area contributed by atoms with Gasteiger partial charge in [0.25, 0.3) is 5.91 Å². The van der Waals surface area contributed by atoms with Crippen LogP contribution >= 0.6 is 15.9 Å². The van der Waals surface area contributed by atoms with E-state index >= 15 is 0 Å². The van der Waals surface area contributed by atoms with Crippen LogP contribution in [0.1, 0.15) is 22.2 Å². The molecule has 23 heavy (non-hydrogen) atoms. The summed E-state index contributed by atoms with van der Waals surface area (Å²) in [6, 6.07) is 5.68. The molecular formula is C15H16BrFN2O4. The molecule has 0 saturated carbocycles. The van der Waals surface area contributed by atoms with E-state index in [1.807, 2.05) is 0 Å². The van der Waals surface area contributed by atoms with Gasteiger partial charge in [0.15, 0.2) is 6.79 Å². The number of hydrogen-bond acceptors (Lipinski definition) is 4. The molecule has 0 aliphatic rings. The molecule has 0 saturated heterocycles. The summed E-state index contributed by atoms with van der Waals surface area (Å²) < 4.78 is 24.5. The largest absolute Gasteiger partial charge is 0.467 e. The molecule has 1 atom stereocenters. The Morgan fingerprint density at radius 2 is 2.26 bits per heavy atom. The van der Waals surface area contributed by atoms with Gasteiger partial charge in [-0.15, -0.1) is 0 Å². The molecule has 3 N–H and O–H groups in total. The standard InChI is InChI=1S/C15H16BrFN2O4/c1-22-8-23-10-2-3-11(12(17)5-10)14(20)7-19-15(21)13-4-9(16)6-18-13/h2-6,14,18,20H,7-8H2,1H3,(H,19,21). The number of aliphatic hydroxyl groups is 1. The number of carbonyl (C=O) groups is 1. The number of halogens is 2. The van der Waals surface area contributed by atoms with E-state index in [0.717, 1.165) is 10.5 Å². The predicted molar refractivity (Wildman–Crippen MR) is 84.7 cm³/mol. The Hall–Kier alpha value is -1.90. The SMILES string of the molecule is COCOc1ccc(C(O)CNC(=O)c2cc(Br)c[nH]2)c(F)c1. The second-order valence-corrected chi connectivity index (χ2v) is 5.61. The second kappa shape index (κ2) is 8.09. The van der Waals surface area contributed by atoms with Crippen molar-refractivity contribution in [2.75, 3.05) is 20.4 Å². The zero-order valence-electron chi connectivity index (χ0n) is 12.3. The molecular weight excluding hydrogens is 371 g/mol. The van der Waals surface area contributed by atoms with E-state index in [1.54, 1.807) is 12.3 Å². The lowest BCUT2D eigenvalue weighted by atomic mass is 10.1. The summed E-state index contributed by atoms with van der Waals surface area (Å²) in [5, 5.41) is 12.6. The van der Waals surface area contributed by atoms with Crippen molar-refractivity contribution < 1.29 is 23.8 Å². The third kappa shape index (κ3) is 4.78. The van der Waals surface area contributed by atoms with Gasteiger partial charge in [0.2, 0.25) is 0 Å². The number of aliphatic hydroxyl groups excluding tert-OH is 1. The van der Waals surface area contributed by atoms with Gasteiger partial charge < -0.3 is 24.9 Å². The van der Waals surface area contributed by atoms with E-state index in [9.17, 15) is 14.3 Å². The van der Waals surface area contributed by atoms with Crippen LogP contribution < -0.4 is 10.1 Å². The quantitative estimate of drug-likeness (QED) is 0.637. The summed E-state index contributed by atoms with van der Waals surface area (Å²) >= 11 is 3.22. The third-order valence-corrected chi connectivity index (χ3v) is 3.48. The number of amides is 1. The van der Waals surface area contributed by atoms with Gasteiger partial charge in [-0.1, -0.05) is 0 Å². The zero-order chi connectivity index (χ0) is 16.8. The average Bonchev–Trinajstić information content (AvgIpc) is 2.97. The van der Waals surface area contributed by atoms with E-state index in [1.165, 1.54) is 19.2 Å². The number of nitrogens with one attached hydrogen (secondary N) is 2. The Morgan fingerprint density at radius 3 is 2.87 bits per heavy atom. The van der Waals surface area contributed by atoms with Gasteiger partial charge in [0.1, 0.15) is 17.3 Å². The molecule has 2 aromatic rings. The van der Waals surface area contributed by atoms with Crippen LogP contribution in [0.25, 0.3) is 0 Å². The van der Waals surface area contributed by atoms with Crippen LogP contribution in [0, 0.1) is 5.82 Å². The van der Waals surface area contributed by atoms with E-state index in [0.29, 0.717) is 11.4 Å². The lowest BCUT2D eigenvalue weighted by molar-refractivity contribution is 0.0508. The first-order valence-electron chi connectivity index (χ1n) is 6.72. The van der Waals surface area contributed by atoms with Crippen molar-refractivity contribution >= 4 is 21.8 Å². The summed E-state index contributed by atoms with van der Waals surface area (Å²) in [5.74, 6) is -0.723. The summed E-state index contributed by atoms with van der Waals surface area (Å²) in [6.45, 7) is -0.117. The first kappa shape index (κ1) is 17.5. The molecule has 1 aromatic heterocycles. The molecule has 0 bridgehead atoms. The van der Waals surface area contributed by atoms with Crippen LogP contribution in [0.2, 0.25) is 0 Å². The van der Waals surface area contributed by atoms with Gasteiger partial charge in [-0.05, 0) is 34.1 Å². The molecule has 0 aliphatic carbocycles. The maximum absolute atomic E-state index is 14.0. The lowest BCUT2D eigenvalue weighted by Crippen LogP contribution is -2.28.